The van der Waals surface area contributed by atoms with E-state index >= 15 is 0 Å². The fraction of sp³-hybridized carbons (Fsp3) is 0. The van der Waals surface area contributed by atoms with Gasteiger partial charge in [0.15, 0.2) is 12.2 Å². The van der Waals surface area contributed by atoms with E-state index in [9.17, 15) is 0 Å². The van der Waals surface area contributed by atoms with Crippen LogP contribution in [-0.2, 0) is 0 Å². The van der Waals surface area contributed by atoms with Crippen LogP contribution in [0.5, 0.6) is 0 Å². The Labute approximate surface area is 86.0 Å². The molecule has 3 rings (SSSR count). The van der Waals surface area contributed by atoms with Gasteiger partial charge in [-0.1, -0.05) is 6.07 Å². The van der Waals surface area contributed by atoms with E-state index in [0.29, 0.717) is 5.82 Å². The molecular formula is C11H7N4. The van der Waals surface area contributed by atoms with E-state index < -0.39 is 0 Å². The third-order valence-electron chi connectivity index (χ3n) is 2.20. The van der Waals surface area contributed by atoms with E-state index in [1.807, 2.05) is 18.2 Å². The van der Waals surface area contributed by atoms with Crippen LogP contribution in [0.4, 0.5) is 0 Å². The molecule has 0 unspecified atom stereocenters. The van der Waals surface area contributed by atoms with E-state index in [1.165, 1.54) is 0 Å². The Morgan fingerprint density at radius 3 is 2.80 bits per heavy atom. The van der Waals surface area contributed by atoms with Gasteiger partial charge in [0, 0.05) is 18.0 Å². The summed E-state index contributed by atoms with van der Waals surface area (Å²) in [5, 5.41) is 0. The predicted molar refractivity (Wildman–Crippen MR) is 56.0 cm³/mol. The highest BCUT2D eigenvalue weighted by atomic mass is 14.9. The third-order valence-corrected chi connectivity index (χ3v) is 2.20. The summed E-state index contributed by atoms with van der Waals surface area (Å²) in [6.07, 6.45) is 6.16. The smallest absolute Gasteiger partial charge is 0.174 e. The molecule has 1 aromatic carbocycles. The molecule has 4 heteroatoms. The van der Waals surface area contributed by atoms with Gasteiger partial charge in [-0.05, 0) is 18.2 Å². The summed E-state index contributed by atoms with van der Waals surface area (Å²) < 4.78 is 0. The van der Waals surface area contributed by atoms with Crippen LogP contribution in [0.25, 0.3) is 22.4 Å². The van der Waals surface area contributed by atoms with Gasteiger partial charge in [0.1, 0.15) is 5.52 Å². The highest BCUT2D eigenvalue weighted by Crippen LogP contribution is 2.22. The monoisotopic (exact) mass is 195 g/mol. The molecule has 1 N–H and O–H groups in total. The lowest BCUT2D eigenvalue weighted by atomic mass is 10.1. The molecule has 3 aromatic rings. The molecule has 0 fully saturated rings. The highest BCUT2D eigenvalue weighted by molar-refractivity contribution is 5.89. The number of fused-ring (bicyclic) bond motifs is 1. The number of aromatic nitrogens is 4. The number of rotatable bonds is 1. The van der Waals surface area contributed by atoms with Gasteiger partial charge in [-0.25, -0.2) is 15.0 Å². The van der Waals surface area contributed by atoms with Crippen LogP contribution in [0, 0.1) is 6.33 Å². The minimum absolute atomic E-state index is 0.684. The molecule has 71 valence electrons. The second kappa shape index (κ2) is 3.16. The normalized spacial score (nSPS) is 10.7. The van der Waals surface area contributed by atoms with Crippen molar-refractivity contribution in [2.75, 3.05) is 0 Å². The number of para-hydroxylation sites is 1. The first-order valence-corrected chi connectivity index (χ1v) is 4.57. The van der Waals surface area contributed by atoms with E-state index in [1.54, 1.807) is 18.5 Å². The van der Waals surface area contributed by atoms with E-state index in [2.05, 4.69) is 26.3 Å². The Bertz CT molecular complexity index is 586. The van der Waals surface area contributed by atoms with Crippen molar-refractivity contribution in [3.8, 4) is 11.4 Å². The van der Waals surface area contributed by atoms with E-state index in [4.69, 9.17) is 0 Å². The maximum absolute atomic E-state index is 4.20. The van der Waals surface area contributed by atoms with Crippen LogP contribution in [-0.4, -0.2) is 19.9 Å². The van der Waals surface area contributed by atoms with E-state index in [0.717, 1.165) is 16.6 Å². The molecule has 0 aliphatic heterocycles. The summed E-state index contributed by atoms with van der Waals surface area (Å²) in [4.78, 5) is 15.5. The molecule has 2 heterocycles. The molecule has 0 saturated heterocycles. The lowest BCUT2D eigenvalue weighted by Gasteiger charge is -1.99. The number of imidazole rings is 1. The summed E-state index contributed by atoms with van der Waals surface area (Å²) in [6.45, 7) is 0. The van der Waals surface area contributed by atoms with Crippen LogP contribution < -0.4 is 0 Å². The van der Waals surface area contributed by atoms with Gasteiger partial charge >= 0.3 is 0 Å². The van der Waals surface area contributed by atoms with Crippen molar-refractivity contribution in [1.82, 2.24) is 19.9 Å². The number of hydrogen-bond donors (Lipinski definition) is 1. The van der Waals surface area contributed by atoms with Crippen LogP contribution in [0.2, 0.25) is 0 Å². The molecule has 1 radical (unpaired) electrons. The van der Waals surface area contributed by atoms with Gasteiger partial charge in [0.2, 0.25) is 0 Å². The largest absolute Gasteiger partial charge is 0.335 e. The van der Waals surface area contributed by atoms with Gasteiger partial charge in [0.05, 0.1) is 5.52 Å². The van der Waals surface area contributed by atoms with Crippen molar-refractivity contribution in [2.45, 2.75) is 0 Å². The standard InChI is InChI=1S/C11H7N4/c1-3-8(11-12-5-2-6-13-11)10-9(4-1)14-7-15-10/h1-6H,(H,14,15). The summed E-state index contributed by atoms with van der Waals surface area (Å²) in [5.41, 5.74) is 2.72. The molecule has 0 amide bonds. The Hall–Kier alpha value is -2.23. The zero-order valence-corrected chi connectivity index (χ0v) is 7.81. The molecular weight excluding hydrogens is 188 g/mol. The number of nitrogens with one attached hydrogen (secondary N) is 1. The lowest BCUT2D eigenvalue weighted by Crippen LogP contribution is -1.87. The first kappa shape index (κ1) is 8.11. The van der Waals surface area contributed by atoms with Crippen molar-refractivity contribution >= 4 is 11.0 Å². The van der Waals surface area contributed by atoms with Crippen molar-refractivity contribution in [2.24, 2.45) is 0 Å². The molecule has 15 heavy (non-hydrogen) atoms. The van der Waals surface area contributed by atoms with Crippen LogP contribution >= 0.6 is 0 Å². The van der Waals surface area contributed by atoms with Crippen LogP contribution in [0.1, 0.15) is 0 Å². The Kier molecular flexibility index (Phi) is 1.71. The number of nitrogens with zero attached hydrogens (tertiary/aromatic N) is 3. The first-order chi connectivity index (χ1) is 7.45. The second-order valence-corrected chi connectivity index (χ2v) is 3.12. The van der Waals surface area contributed by atoms with E-state index in [-0.39, 0.29) is 0 Å². The SMILES string of the molecule is [c]1nc2c(-c3ncccn3)cccc2[nH]1. The molecule has 2 aromatic heterocycles. The molecule has 0 aliphatic rings. The Morgan fingerprint density at radius 2 is 1.93 bits per heavy atom. The van der Waals surface area contributed by atoms with Gasteiger partial charge < -0.3 is 4.98 Å². The average molecular weight is 195 g/mol. The summed E-state index contributed by atoms with van der Waals surface area (Å²) >= 11 is 0. The van der Waals surface area contributed by atoms with Crippen molar-refractivity contribution < 1.29 is 0 Å². The molecule has 0 saturated carbocycles. The van der Waals surface area contributed by atoms with Gasteiger partial charge in [-0.2, -0.15) is 0 Å². The maximum atomic E-state index is 4.20. The van der Waals surface area contributed by atoms with Gasteiger partial charge in [0.25, 0.3) is 0 Å². The summed E-state index contributed by atoms with van der Waals surface area (Å²) in [5.74, 6) is 0.684. The number of hydrogen-bond acceptors (Lipinski definition) is 3. The van der Waals surface area contributed by atoms with Gasteiger partial charge in [-0.15, -0.1) is 0 Å². The predicted octanol–water partition coefficient (Wildman–Crippen LogP) is 1.82. The third kappa shape index (κ3) is 1.27. The Morgan fingerprint density at radius 1 is 1.07 bits per heavy atom. The molecule has 4 nitrogen and oxygen atoms in total. The molecule has 0 spiro atoms. The zero-order chi connectivity index (χ0) is 10.1. The van der Waals surface area contributed by atoms with Gasteiger partial charge in [-0.3, -0.25) is 0 Å². The fourth-order valence-corrected chi connectivity index (χ4v) is 1.53. The lowest BCUT2D eigenvalue weighted by molar-refractivity contribution is 1.18. The maximum Gasteiger partial charge on any atom is 0.174 e. The number of H-pyrrole nitrogens is 1. The van der Waals surface area contributed by atoms with Crippen molar-refractivity contribution in [1.29, 1.82) is 0 Å². The minimum atomic E-state index is 0.684. The minimum Gasteiger partial charge on any atom is -0.335 e. The number of benzene rings is 1. The highest BCUT2D eigenvalue weighted by Gasteiger charge is 2.06. The van der Waals surface area contributed by atoms with Crippen molar-refractivity contribution in [3.63, 3.8) is 0 Å². The molecule has 0 aliphatic carbocycles. The topological polar surface area (TPSA) is 54.5 Å². The molecule has 0 bridgehead atoms. The number of aromatic amines is 1. The quantitative estimate of drug-likeness (QED) is 0.644. The van der Waals surface area contributed by atoms with Crippen LogP contribution in [0.3, 0.4) is 0 Å². The summed E-state index contributed by atoms with van der Waals surface area (Å²) in [7, 11) is 0. The zero-order valence-electron chi connectivity index (χ0n) is 7.81. The van der Waals surface area contributed by atoms with Crippen molar-refractivity contribution in [3.05, 3.63) is 43.0 Å². The summed E-state index contributed by atoms with van der Waals surface area (Å²) in [6, 6.07) is 7.64. The Balaban J connectivity index is 2.31. The first-order valence-electron chi connectivity index (χ1n) is 4.57. The fourth-order valence-electron chi connectivity index (χ4n) is 1.53. The van der Waals surface area contributed by atoms with Crippen LogP contribution in [0.15, 0.2) is 36.7 Å². The molecule has 0 atom stereocenters. The average Bonchev–Trinajstić information content (AvgIpc) is 2.78. The second-order valence-electron chi connectivity index (χ2n) is 3.12.